The zero-order chi connectivity index (χ0) is 13.7. The molecule has 0 saturated heterocycles. The molecule has 0 aliphatic carbocycles. The van der Waals surface area contributed by atoms with Crippen molar-refractivity contribution >= 4 is 5.95 Å². The van der Waals surface area contributed by atoms with E-state index in [0.29, 0.717) is 19.1 Å². The number of ether oxygens (including phenoxy) is 1. The Balaban J connectivity index is 2.09. The molecular weight excluding hydrogens is 238 g/mol. The second-order valence-electron chi connectivity index (χ2n) is 4.53. The minimum atomic E-state index is 0.617. The highest BCUT2D eigenvalue weighted by Gasteiger charge is 2.03. The predicted octanol–water partition coefficient (Wildman–Crippen LogP) is 2.85. The van der Waals surface area contributed by atoms with Gasteiger partial charge in [0.05, 0.1) is 6.61 Å². The predicted molar refractivity (Wildman–Crippen MR) is 76.0 cm³/mol. The minimum Gasteiger partial charge on any atom is -0.380 e. The third-order valence-electron chi connectivity index (χ3n) is 2.84. The molecule has 4 nitrogen and oxygen atoms in total. The fourth-order valence-electron chi connectivity index (χ4n) is 2.01. The Labute approximate surface area is 113 Å². The van der Waals surface area contributed by atoms with E-state index in [1.165, 1.54) is 11.1 Å². The van der Waals surface area contributed by atoms with Crippen LogP contribution in [0.15, 0.2) is 30.3 Å². The maximum absolute atomic E-state index is 5.20. The lowest BCUT2D eigenvalue weighted by Gasteiger charge is -2.10. The highest BCUT2D eigenvalue weighted by molar-refractivity contribution is 5.33. The molecule has 0 amide bonds. The number of hydrogen-bond acceptors (Lipinski definition) is 4. The van der Waals surface area contributed by atoms with Crippen LogP contribution in [0.25, 0.3) is 0 Å². The van der Waals surface area contributed by atoms with Gasteiger partial charge in [-0.05, 0) is 31.0 Å². The van der Waals surface area contributed by atoms with Crippen molar-refractivity contribution in [1.82, 2.24) is 9.97 Å². The van der Waals surface area contributed by atoms with Gasteiger partial charge in [0.15, 0.2) is 0 Å². The Morgan fingerprint density at radius 3 is 2.32 bits per heavy atom. The number of aryl methyl sites for hydroxylation is 2. The van der Waals surface area contributed by atoms with Crippen LogP contribution in [-0.2, 0) is 17.9 Å². The third kappa shape index (κ3) is 3.76. The summed E-state index contributed by atoms with van der Waals surface area (Å²) >= 11 is 0. The molecule has 0 saturated carbocycles. The molecule has 0 spiro atoms. The Bertz CT molecular complexity index is 535. The van der Waals surface area contributed by atoms with E-state index < -0.39 is 0 Å². The van der Waals surface area contributed by atoms with Crippen molar-refractivity contribution < 1.29 is 4.74 Å². The highest BCUT2D eigenvalue weighted by Crippen LogP contribution is 2.12. The molecule has 0 radical (unpaired) electrons. The number of nitrogens with one attached hydrogen (secondary N) is 1. The van der Waals surface area contributed by atoms with Gasteiger partial charge in [-0.2, -0.15) is 0 Å². The number of aromatic nitrogens is 2. The summed E-state index contributed by atoms with van der Waals surface area (Å²) < 4.78 is 5.20. The van der Waals surface area contributed by atoms with Gasteiger partial charge >= 0.3 is 0 Å². The second-order valence-corrected chi connectivity index (χ2v) is 4.53. The average molecular weight is 257 g/mol. The van der Waals surface area contributed by atoms with Gasteiger partial charge in [0.2, 0.25) is 5.95 Å². The maximum atomic E-state index is 5.20. The third-order valence-corrected chi connectivity index (χ3v) is 2.84. The van der Waals surface area contributed by atoms with Crippen molar-refractivity contribution in [2.75, 3.05) is 12.4 Å². The SMILES string of the molecule is COCc1ccccc1CNc1nc(C)cc(C)n1. The molecule has 0 unspecified atom stereocenters. The van der Waals surface area contributed by atoms with Crippen molar-refractivity contribution in [2.24, 2.45) is 0 Å². The van der Waals surface area contributed by atoms with Gasteiger partial charge in [-0.3, -0.25) is 0 Å². The molecule has 1 aromatic carbocycles. The first kappa shape index (κ1) is 13.5. The summed E-state index contributed by atoms with van der Waals surface area (Å²) in [7, 11) is 1.71. The number of methoxy groups -OCH3 is 1. The monoisotopic (exact) mass is 257 g/mol. The molecular formula is C15H19N3O. The summed E-state index contributed by atoms with van der Waals surface area (Å²) in [6.45, 7) is 5.26. The van der Waals surface area contributed by atoms with Crippen LogP contribution in [-0.4, -0.2) is 17.1 Å². The minimum absolute atomic E-state index is 0.617. The molecule has 1 aromatic heterocycles. The lowest BCUT2D eigenvalue weighted by atomic mass is 10.1. The van der Waals surface area contributed by atoms with E-state index in [0.717, 1.165) is 11.4 Å². The molecule has 1 N–H and O–H groups in total. The molecule has 4 heteroatoms. The molecule has 0 bridgehead atoms. The van der Waals surface area contributed by atoms with Crippen molar-refractivity contribution in [3.05, 3.63) is 52.8 Å². The Kier molecular flexibility index (Phi) is 4.47. The fourth-order valence-corrected chi connectivity index (χ4v) is 2.01. The van der Waals surface area contributed by atoms with Crippen molar-refractivity contribution in [3.8, 4) is 0 Å². The van der Waals surface area contributed by atoms with Gasteiger partial charge in [-0.1, -0.05) is 24.3 Å². The number of rotatable bonds is 5. The second kappa shape index (κ2) is 6.29. The lowest BCUT2D eigenvalue weighted by Crippen LogP contribution is -2.07. The number of benzene rings is 1. The van der Waals surface area contributed by atoms with Crippen LogP contribution < -0.4 is 5.32 Å². The Morgan fingerprint density at radius 2 is 1.68 bits per heavy atom. The van der Waals surface area contributed by atoms with Gasteiger partial charge in [0, 0.05) is 25.0 Å². The Morgan fingerprint density at radius 1 is 1.05 bits per heavy atom. The van der Waals surface area contributed by atoms with Crippen molar-refractivity contribution in [1.29, 1.82) is 0 Å². The van der Waals surface area contributed by atoms with E-state index >= 15 is 0 Å². The maximum Gasteiger partial charge on any atom is 0.223 e. The van der Waals surface area contributed by atoms with Gasteiger partial charge in [0.25, 0.3) is 0 Å². The molecule has 0 aliphatic heterocycles. The summed E-state index contributed by atoms with van der Waals surface area (Å²) in [5.41, 5.74) is 4.33. The van der Waals surface area contributed by atoms with Crippen LogP contribution in [0, 0.1) is 13.8 Å². The lowest BCUT2D eigenvalue weighted by molar-refractivity contribution is 0.184. The molecule has 2 aromatic rings. The van der Waals surface area contributed by atoms with Crippen LogP contribution in [0.2, 0.25) is 0 Å². The highest BCUT2D eigenvalue weighted by atomic mass is 16.5. The zero-order valence-corrected chi connectivity index (χ0v) is 11.6. The number of nitrogens with zero attached hydrogens (tertiary/aromatic N) is 2. The number of hydrogen-bond donors (Lipinski definition) is 1. The summed E-state index contributed by atoms with van der Waals surface area (Å²) in [4.78, 5) is 8.74. The van der Waals surface area contributed by atoms with E-state index in [-0.39, 0.29) is 0 Å². The summed E-state index contributed by atoms with van der Waals surface area (Å²) in [5.74, 6) is 0.671. The van der Waals surface area contributed by atoms with Gasteiger partial charge in [0.1, 0.15) is 0 Å². The quantitative estimate of drug-likeness (QED) is 0.894. The molecule has 1 heterocycles. The van der Waals surface area contributed by atoms with E-state index in [2.05, 4.69) is 27.4 Å². The van der Waals surface area contributed by atoms with Crippen molar-refractivity contribution in [3.63, 3.8) is 0 Å². The first-order valence-corrected chi connectivity index (χ1v) is 6.31. The largest absolute Gasteiger partial charge is 0.380 e. The Hall–Kier alpha value is -1.94. The van der Waals surface area contributed by atoms with Crippen LogP contribution in [0.5, 0.6) is 0 Å². The molecule has 2 rings (SSSR count). The van der Waals surface area contributed by atoms with E-state index in [4.69, 9.17) is 4.74 Å². The van der Waals surface area contributed by atoms with Crippen LogP contribution in [0.3, 0.4) is 0 Å². The topological polar surface area (TPSA) is 47.0 Å². The molecule has 0 aliphatic rings. The molecule has 19 heavy (non-hydrogen) atoms. The van der Waals surface area contributed by atoms with E-state index in [9.17, 15) is 0 Å². The van der Waals surface area contributed by atoms with Crippen LogP contribution in [0.1, 0.15) is 22.5 Å². The van der Waals surface area contributed by atoms with E-state index in [1.54, 1.807) is 7.11 Å². The zero-order valence-electron chi connectivity index (χ0n) is 11.6. The first-order valence-electron chi connectivity index (χ1n) is 6.31. The smallest absolute Gasteiger partial charge is 0.223 e. The van der Waals surface area contributed by atoms with Crippen molar-refractivity contribution in [2.45, 2.75) is 27.0 Å². The van der Waals surface area contributed by atoms with E-state index in [1.807, 2.05) is 32.0 Å². The standard InChI is InChI=1S/C15H19N3O/c1-11-8-12(2)18-15(17-11)16-9-13-6-4-5-7-14(13)10-19-3/h4-8H,9-10H2,1-3H3,(H,16,17,18). The molecule has 0 atom stereocenters. The van der Waals surface area contributed by atoms with Crippen LogP contribution in [0.4, 0.5) is 5.95 Å². The van der Waals surface area contributed by atoms with Gasteiger partial charge in [-0.15, -0.1) is 0 Å². The molecule has 0 fully saturated rings. The first-order chi connectivity index (χ1) is 9.19. The average Bonchev–Trinajstić information content (AvgIpc) is 2.37. The van der Waals surface area contributed by atoms with Gasteiger partial charge < -0.3 is 10.1 Å². The fraction of sp³-hybridized carbons (Fsp3) is 0.333. The normalized spacial score (nSPS) is 10.5. The summed E-state index contributed by atoms with van der Waals surface area (Å²) in [6, 6.07) is 10.2. The summed E-state index contributed by atoms with van der Waals surface area (Å²) in [6.07, 6.45) is 0. The summed E-state index contributed by atoms with van der Waals surface area (Å²) in [5, 5.41) is 3.26. The van der Waals surface area contributed by atoms with Gasteiger partial charge in [-0.25, -0.2) is 9.97 Å². The molecule has 100 valence electrons. The number of anilines is 1. The van der Waals surface area contributed by atoms with Crippen LogP contribution >= 0.6 is 0 Å².